The molecule has 0 aliphatic carbocycles. The van der Waals surface area contributed by atoms with E-state index in [0.717, 1.165) is 18.7 Å². The minimum absolute atomic E-state index is 0.0416. The lowest BCUT2D eigenvalue weighted by Gasteiger charge is -2.49. The van der Waals surface area contributed by atoms with Gasteiger partial charge in [0, 0.05) is 30.8 Å². The second-order valence-corrected chi connectivity index (χ2v) is 9.58. The van der Waals surface area contributed by atoms with Crippen LogP contribution in [0.1, 0.15) is 31.8 Å². The summed E-state index contributed by atoms with van der Waals surface area (Å²) in [6, 6.07) is 20.8. The third-order valence-electron chi connectivity index (χ3n) is 7.32. The zero-order valence-electron chi connectivity index (χ0n) is 22.4. The molecule has 8 heteroatoms. The van der Waals surface area contributed by atoms with Crippen LogP contribution >= 0.6 is 0 Å². The highest BCUT2D eigenvalue weighted by Gasteiger charge is 2.54. The number of amides is 1. The number of hydrogen-bond acceptors (Lipinski definition) is 7. The Morgan fingerprint density at radius 1 is 0.872 bits per heavy atom. The number of carbonyl (C=O) groups excluding carboxylic acids is 2. The number of benzene rings is 3. The predicted octanol–water partition coefficient (Wildman–Crippen LogP) is 4.29. The van der Waals surface area contributed by atoms with Gasteiger partial charge in [-0.1, -0.05) is 48.5 Å². The van der Waals surface area contributed by atoms with Crippen LogP contribution in [0.4, 0.5) is 0 Å². The monoisotopic (exact) mass is 528 g/mol. The summed E-state index contributed by atoms with van der Waals surface area (Å²) in [6.45, 7) is 3.17. The highest BCUT2D eigenvalue weighted by molar-refractivity contribution is 6.07. The summed E-state index contributed by atoms with van der Waals surface area (Å²) in [5.74, 6) is 0.961. The van der Waals surface area contributed by atoms with Gasteiger partial charge in [0.05, 0.1) is 34.5 Å². The van der Waals surface area contributed by atoms with E-state index in [2.05, 4.69) is 17.0 Å². The molecular formula is C31H32N2O6. The van der Waals surface area contributed by atoms with Crippen LogP contribution in [0.15, 0.2) is 72.8 Å². The normalized spacial score (nSPS) is 16.3. The third-order valence-corrected chi connectivity index (χ3v) is 7.32. The van der Waals surface area contributed by atoms with Gasteiger partial charge in [-0.25, -0.2) is 0 Å². The predicted molar refractivity (Wildman–Crippen MR) is 147 cm³/mol. The number of allylic oxidation sites excluding steroid dienone is 1. The first-order valence-corrected chi connectivity index (χ1v) is 12.8. The first-order chi connectivity index (χ1) is 19.0. The van der Waals surface area contributed by atoms with Gasteiger partial charge >= 0.3 is 0 Å². The number of hydrogen-bond donors (Lipinski definition) is 0. The van der Waals surface area contributed by atoms with Crippen LogP contribution in [0.3, 0.4) is 0 Å². The second-order valence-electron chi connectivity index (χ2n) is 9.58. The van der Waals surface area contributed by atoms with E-state index in [-0.39, 0.29) is 11.7 Å². The SMILES string of the molecule is COc1cc(C(=O)/C=C/c2cccc(C(=O)N3CCN(Cc4ccccc4)C34COC4)c2)cc(OC)c1OC. The fourth-order valence-corrected chi connectivity index (χ4v) is 5.17. The molecule has 1 spiro atoms. The van der Waals surface area contributed by atoms with Crippen molar-refractivity contribution in [1.29, 1.82) is 0 Å². The van der Waals surface area contributed by atoms with Gasteiger partial charge in [-0.15, -0.1) is 0 Å². The molecule has 0 radical (unpaired) electrons. The van der Waals surface area contributed by atoms with Crippen molar-refractivity contribution in [2.24, 2.45) is 0 Å². The average molecular weight is 529 g/mol. The second kappa shape index (κ2) is 11.3. The lowest BCUT2D eigenvalue weighted by molar-refractivity contribution is -0.176. The standard InChI is InChI=1S/C31H32N2O6/c1-36-27-17-25(18-28(37-2)29(27)38-3)26(34)13-12-22-10-7-11-24(16-22)30(35)33-15-14-32(31(33)20-39-21-31)19-23-8-5-4-6-9-23/h4-13,16-18H,14-15,19-21H2,1-3H3/b13-12+. The zero-order chi connectivity index (χ0) is 27.4. The van der Waals surface area contributed by atoms with E-state index in [4.69, 9.17) is 18.9 Å². The van der Waals surface area contributed by atoms with Gasteiger partial charge < -0.3 is 23.8 Å². The maximum atomic E-state index is 13.7. The van der Waals surface area contributed by atoms with E-state index in [9.17, 15) is 9.59 Å². The number of carbonyl (C=O) groups is 2. The van der Waals surface area contributed by atoms with Crippen molar-refractivity contribution in [2.45, 2.75) is 12.2 Å². The highest BCUT2D eigenvalue weighted by atomic mass is 16.5. The van der Waals surface area contributed by atoms with Crippen LogP contribution in [-0.4, -0.2) is 74.8 Å². The third kappa shape index (κ3) is 5.13. The van der Waals surface area contributed by atoms with Crippen molar-refractivity contribution >= 4 is 17.8 Å². The lowest BCUT2D eigenvalue weighted by atomic mass is 10.0. The molecule has 3 aromatic carbocycles. The molecule has 2 aliphatic rings. The van der Waals surface area contributed by atoms with Crippen LogP contribution in [0.5, 0.6) is 17.2 Å². The molecule has 0 unspecified atom stereocenters. The highest BCUT2D eigenvalue weighted by Crippen LogP contribution is 2.39. The molecule has 2 saturated heterocycles. The maximum Gasteiger partial charge on any atom is 0.255 e. The van der Waals surface area contributed by atoms with E-state index in [0.29, 0.717) is 48.1 Å². The summed E-state index contributed by atoms with van der Waals surface area (Å²) in [4.78, 5) is 30.9. The smallest absolute Gasteiger partial charge is 0.255 e. The van der Waals surface area contributed by atoms with Crippen LogP contribution in [0.25, 0.3) is 6.08 Å². The Kier molecular flexibility index (Phi) is 7.67. The number of methoxy groups -OCH3 is 3. The Labute approximate surface area is 228 Å². The molecule has 8 nitrogen and oxygen atoms in total. The first kappa shape index (κ1) is 26.5. The number of rotatable bonds is 9. The fraction of sp³-hybridized carbons (Fsp3) is 0.290. The molecule has 2 aliphatic heterocycles. The largest absolute Gasteiger partial charge is 0.493 e. The number of nitrogens with zero attached hydrogens (tertiary/aromatic N) is 2. The van der Waals surface area contributed by atoms with E-state index in [1.165, 1.54) is 33.0 Å². The van der Waals surface area contributed by atoms with E-state index < -0.39 is 5.66 Å². The van der Waals surface area contributed by atoms with Crippen molar-refractivity contribution in [3.63, 3.8) is 0 Å². The molecule has 2 fully saturated rings. The van der Waals surface area contributed by atoms with Crippen molar-refractivity contribution < 1.29 is 28.5 Å². The topological polar surface area (TPSA) is 77.5 Å². The Morgan fingerprint density at radius 3 is 2.21 bits per heavy atom. The van der Waals surface area contributed by atoms with Gasteiger partial charge in [-0.05, 0) is 41.5 Å². The molecule has 3 aromatic rings. The molecule has 1 amide bonds. The van der Waals surface area contributed by atoms with Gasteiger partial charge in [-0.3, -0.25) is 14.5 Å². The molecule has 0 saturated carbocycles. The molecule has 0 atom stereocenters. The van der Waals surface area contributed by atoms with Crippen LogP contribution in [0, 0.1) is 0 Å². The van der Waals surface area contributed by atoms with Crippen molar-refractivity contribution in [3.05, 3.63) is 95.1 Å². The minimum Gasteiger partial charge on any atom is -0.493 e. The van der Waals surface area contributed by atoms with Crippen molar-refractivity contribution in [1.82, 2.24) is 9.80 Å². The molecule has 5 rings (SSSR count). The first-order valence-electron chi connectivity index (χ1n) is 12.8. The van der Waals surface area contributed by atoms with E-state index in [1.807, 2.05) is 47.4 Å². The summed E-state index contributed by atoms with van der Waals surface area (Å²) >= 11 is 0. The molecular weight excluding hydrogens is 496 g/mol. The Hall–Kier alpha value is -4.14. The van der Waals surface area contributed by atoms with Gasteiger partial charge in [0.1, 0.15) is 5.66 Å². The van der Waals surface area contributed by atoms with E-state index in [1.54, 1.807) is 18.2 Å². The number of ketones is 1. The summed E-state index contributed by atoms with van der Waals surface area (Å²) < 4.78 is 21.7. The van der Waals surface area contributed by atoms with Gasteiger partial charge in [-0.2, -0.15) is 0 Å². The van der Waals surface area contributed by atoms with Crippen LogP contribution in [0.2, 0.25) is 0 Å². The maximum absolute atomic E-state index is 13.7. The summed E-state index contributed by atoms with van der Waals surface area (Å²) in [6.07, 6.45) is 3.18. The summed E-state index contributed by atoms with van der Waals surface area (Å²) in [5, 5.41) is 0. The molecule has 0 N–H and O–H groups in total. The van der Waals surface area contributed by atoms with Gasteiger partial charge in [0.15, 0.2) is 17.3 Å². The summed E-state index contributed by atoms with van der Waals surface area (Å²) in [5.41, 5.74) is 2.50. The molecule has 39 heavy (non-hydrogen) atoms. The van der Waals surface area contributed by atoms with Crippen molar-refractivity contribution in [2.75, 3.05) is 47.6 Å². The number of ether oxygens (including phenoxy) is 4. The van der Waals surface area contributed by atoms with Gasteiger partial charge in [0.2, 0.25) is 5.75 Å². The molecule has 0 aromatic heterocycles. The van der Waals surface area contributed by atoms with Gasteiger partial charge in [0.25, 0.3) is 5.91 Å². The average Bonchev–Trinajstić information content (AvgIpc) is 3.34. The lowest BCUT2D eigenvalue weighted by Crippen LogP contribution is -2.67. The Balaban J connectivity index is 1.32. The fourth-order valence-electron chi connectivity index (χ4n) is 5.17. The molecule has 202 valence electrons. The van der Waals surface area contributed by atoms with Crippen LogP contribution < -0.4 is 14.2 Å². The van der Waals surface area contributed by atoms with Crippen LogP contribution in [-0.2, 0) is 11.3 Å². The van der Waals surface area contributed by atoms with Crippen molar-refractivity contribution in [3.8, 4) is 17.2 Å². The van der Waals surface area contributed by atoms with E-state index >= 15 is 0 Å². The quantitative estimate of drug-likeness (QED) is 0.303. The Morgan fingerprint density at radius 2 is 1.59 bits per heavy atom. The zero-order valence-corrected chi connectivity index (χ0v) is 22.4. The molecule has 2 heterocycles. The molecule has 0 bridgehead atoms. The summed E-state index contributed by atoms with van der Waals surface area (Å²) in [7, 11) is 4.52. The Bertz CT molecular complexity index is 1360. The minimum atomic E-state index is -0.429.